The lowest BCUT2D eigenvalue weighted by molar-refractivity contribution is -0.125. The number of ether oxygens (including phenoxy) is 2. The Labute approximate surface area is 180 Å². The Hall–Kier alpha value is -2.25. The predicted octanol–water partition coefficient (Wildman–Crippen LogP) is 3.86. The molecule has 1 saturated carbocycles. The molecule has 1 N–H and O–H groups in total. The minimum atomic E-state index is -0.235. The summed E-state index contributed by atoms with van der Waals surface area (Å²) in [6.07, 6.45) is 2.90. The largest absolute Gasteiger partial charge is 0.497 e. The number of hydrogen-bond acceptors (Lipinski definition) is 5. The van der Waals surface area contributed by atoms with Crippen LogP contribution in [-0.2, 0) is 11.3 Å². The minimum absolute atomic E-state index is 0.106. The van der Waals surface area contributed by atoms with E-state index in [2.05, 4.69) is 10.2 Å². The molecule has 5 nitrogen and oxygen atoms in total. The Morgan fingerprint density at radius 1 is 1.13 bits per heavy atom. The monoisotopic (exact) mass is 430 g/mol. The van der Waals surface area contributed by atoms with E-state index >= 15 is 0 Å². The number of methoxy groups -OCH3 is 2. The van der Waals surface area contributed by atoms with Crippen LogP contribution in [0.1, 0.15) is 24.8 Å². The fourth-order valence-electron chi connectivity index (χ4n) is 3.82. The molecule has 30 heavy (non-hydrogen) atoms. The first-order valence-corrected chi connectivity index (χ1v) is 11.1. The smallest absolute Gasteiger partial charge is 0.237 e. The van der Waals surface area contributed by atoms with Gasteiger partial charge in [0.1, 0.15) is 17.3 Å². The van der Waals surface area contributed by atoms with E-state index in [-0.39, 0.29) is 23.0 Å². The van der Waals surface area contributed by atoms with Crippen LogP contribution in [0.15, 0.2) is 47.4 Å². The Morgan fingerprint density at radius 3 is 2.40 bits per heavy atom. The summed E-state index contributed by atoms with van der Waals surface area (Å²) in [4.78, 5) is 16.2. The highest BCUT2D eigenvalue weighted by Crippen LogP contribution is 2.35. The number of nitrogens with zero attached hydrogens (tertiary/aromatic N) is 1. The van der Waals surface area contributed by atoms with E-state index in [0.717, 1.165) is 47.8 Å². The van der Waals surface area contributed by atoms with Crippen LogP contribution in [0.4, 0.5) is 4.39 Å². The lowest BCUT2D eigenvalue weighted by Crippen LogP contribution is -2.43. The number of benzene rings is 2. The lowest BCUT2D eigenvalue weighted by atomic mass is 10.1. The van der Waals surface area contributed by atoms with Crippen LogP contribution >= 0.6 is 11.8 Å². The molecule has 160 valence electrons. The second-order valence-electron chi connectivity index (χ2n) is 7.88. The molecule has 0 spiro atoms. The molecular weight excluding hydrogens is 403 g/mol. The maximum atomic E-state index is 13.2. The topological polar surface area (TPSA) is 50.8 Å². The van der Waals surface area contributed by atoms with E-state index in [1.54, 1.807) is 38.1 Å². The van der Waals surface area contributed by atoms with Gasteiger partial charge in [-0.1, -0.05) is 0 Å². The molecule has 1 heterocycles. The molecule has 0 radical (unpaired) electrons. The van der Waals surface area contributed by atoms with Gasteiger partial charge in [-0.05, 0) is 61.2 Å². The number of hydrogen-bond donors (Lipinski definition) is 1. The normalized spacial score (nSPS) is 21.4. The van der Waals surface area contributed by atoms with Crippen molar-refractivity contribution in [2.75, 3.05) is 20.8 Å². The second-order valence-corrected chi connectivity index (χ2v) is 9.25. The summed E-state index contributed by atoms with van der Waals surface area (Å²) in [5, 5.41) is 3.42. The number of carbonyl (C=O) groups is 1. The molecule has 1 amide bonds. The number of halogens is 1. The molecule has 2 aliphatic rings. The summed E-state index contributed by atoms with van der Waals surface area (Å²) in [7, 11) is 3.27. The van der Waals surface area contributed by atoms with Crippen LogP contribution in [0.5, 0.6) is 11.5 Å². The van der Waals surface area contributed by atoms with Gasteiger partial charge < -0.3 is 14.8 Å². The summed E-state index contributed by atoms with van der Waals surface area (Å²) < 4.78 is 24.0. The molecule has 2 fully saturated rings. The van der Waals surface area contributed by atoms with Crippen molar-refractivity contribution < 1.29 is 18.7 Å². The van der Waals surface area contributed by atoms with Crippen LogP contribution < -0.4 is 14.8 Å². The van der Waals surface area contributed by atoms with Gasteiger partial charge in [-0.3, -0.25) is 9.69 Å². The molecule has 2 aromatic rings. The van der Waals surface area contributed by atoms with Crippen molar-refractivity contribution in [1.82, 2.24) is 10.2 Å². The van der Waals surface area contributed by atoms with Crippen molar-refractivity contribution in [2.45, 2.75) is 48.0 Å². The number of rotatable bonds is 8. The first kappa shape index (κ1) is 21.0. The van der Waals surface area contributed by atoms with Crippen molar-refractivity contribution in [3.8, 4) is 11.5 Å². The first-order chi connectivity index (χ1) is 14.5. The molecule has 0 aromatic heterocycles. The van der Waals surface area contributed by atoms with Gasteiger partial charge in [0.2, 0.25) is 5.91 Å². The van der Waals surface area contributed by atoms with Crippen LogP contribution in [-0.4, -0.2) is 48.9 Å². The van der Waals surface area contributed by atoms with E-state index in [0.29, 0.717) is 12.6 Å². The molecule has 0 unspecified atom stereocenters. The van der Waals surface area contributed by atoms with E-state index < -0.39 is 0 Å². The quantitative estimate of drug-likeness (QED) is 0.689. The fraction of sp³-hybridized carbons (Fsp3) is 0.435. The van der Waals surface area contributed by atoms with E-state index in [1.807, 2.05) is 18.2 Å². The van der Waals surface area contributed by atoms with Gasteiger partial charge in [0.05, 0.1) is 20.3 Å². The third-order valence-corrected chi connectivity index (χ3v) is 6.72. The van der Waals surface area contributed by atoms with Crippen molar-refractivity contribution in [3.63, 3.8) is 0 Å². The van der Waals surface area contributed by atoms with Crippen LogP contribution in [0.2, 0.25) is 0 Å². The molecular formula is C23H27FN2O3S. The molecule has 2 atom stereocenters. The lowest BCUT2D eigenvalue weighted by Gasteiger charge is -2.24. The highest BCUT2D eigenvalue weighted by atomic mass is 32.2. The van der Waals surface area contributed by atoms with Gasteiger partial charge in [-0.25, -0.2) is 4.39 Å². The van der Waals surface area contributed by atoms with Gasteiger partial charge >= 0.3 is 0 Å². The zero-order valence-corrected chi connectivity index (χ0v) is 18.1. The molecule has 4 rings (SSSR count). The van der Waals surface area contributed by atoms with Gasteiger partial charge in [-0.2, -0.15) is 0 Å². The Kier molecular flexibility index (Phi) is 6.49. The average molecular weight is 431 g/mol. The molecule has 0 bridgehead atoms. The SMILES string of the molecule is COc1cc(CN2C[C@@H](Sc3ccc(F)cc3)C[C@H]2C(=O)NC2CC2)cc(OC)c1. The van der Waals surface area contributed by atoms with Gasteiger partial charge in [0.25, 0.3) is 0 Å². The Bertz CT molecular complexity index is 866. The number of nitrogens with one attached hydrogen (secondary N) is 1. The molecule has 1 aliphatic heterocycles. The van der Waals surface area contributed by atoms with Gasteiger partial charge in [0, 0.05) is 35.3 Å². The fourth-order valence-corrected chi connectivity index (χ4v) is 5.04. The number of carbonyl (C=O) groups excluding carboxylic acids is 1. The highest BCUT2D eigenvalue weighted by molar-refractivity contribution is 8.00. The van der Waals surface area contributed by atoms with Crippen molar-refractivity contribution in [1.29, 1.82) is 0 Å². The molecule has 1 saturated heterocycles. The predicted molar refractivity (Wildman–Crippen MR) is 116 cm³/mol. The number of likely N-dealkylation sites (tertiary alicyclic amines) is 1. The number of amides is 1. The minimum Gasteiger partial charge on any atom is -0.497 e. The molecule has 1 aliphatic carbocycles. The van der Waals surface area contributed by atoms with Gasteiger partial charge in [0.15, 0.2) is 0 Å². The Morgan fingerprint density at radius 2 is 1.80 bits per heavy atom. The third-order valence-electron chi connectivity index (χ3n) is 5.50. The summed E-state index contributed by atoms with van der Waals surface area (Å²) in [6.45, 7) is 1.42. The highest BCUT2D eigenvalue weighted by Gasteiger charge is 2.39. The Balaban J connectivity index is 1.50. The maximum absolute atomic E-state index is 13.2. The summed E-state index contributed by atoms with van der Waals surface area (Å²) >= 11 is 1.71. The number of thioether (sulfide) groups is 1. The van der Waals surface area contributed by atoms with Crippen LogP contribution in [0.3, 0.4) is 0 Å². The average Bonchev–Trinajstić information content (AvgIpc) is 3.48. The van der Waals surface area contributed by atoms with E-state index in [4.69, 9.17) is 9.47 Å². The second kappa shape index (κ2) is 9.27. The van der Waals surface area contributed by atoms with Crippen LogP contribution in [0.25, 0.3) is 0 Å². The van der Waals surface area contributed by atoms with E-state index in [9.17, 15) is 9.18 Å². The third kappa shape index (κ3) is 5.26. The van der Waals surface area contributed by atoms with Crippen molar-refractivity contribution in [3.05, 3.63) is 53.8 Å². The van der Waals surface area contributed by atoms with Gasteiger partial charge in [-0.15, -0.1) is 11.8 Å². The van der Waals surface area contributed by atoms with Crippen LogP contribution in [0, 0.1) is 5.82 Å². The van der Waals surface area contributed by atoms with Crippen molar-refractivity contribution >= 4 is 17.7 Å². The maximum Gasteiger partial charge on any atom is 0.237 e. The molecule has 7 heteroatoms. The standard InChI is InChI=1S/C23H27FN2O3S/c1-28-18-9-15(10-19(11-18)29-2)13-26-14-21(30-20-7-3-16(24)4-8-20)12-22(26)23(27)25-17-5-6-17/h3-4,7-11,17,21-22H,5-6,12-14H2,1-2H3,(H,25,27)/t21-,22-/m0/s1. The molecule has 2 aromatic carbocycles. The summed E-state index contributed by atoms with van der Waals surface area (Å²) in [5.41, 5.74) is 1.04. The summed E-state index contributed by atoms with van der Waals surface area (Å²) in [6, 6.07) is 12.5. The summed E-state index contributed by atoms with van der Waals surface area (Å²) in [5.74, 6) is 1.34. The first-order valence-electron chi connectivity index (χ1n) is 10.2. The van der Waals surface area contributed by atoms with E-state index in [1.165, 1.54) is 12.1 Å². The van der Waals surface area contributed by atoms with Crippen molar-refractivity contribution in [2.24, 2.45) is 0 Å². The zero-order chi connectivity index (χ0) is 21.1. The zero-order valence-electron chi connectivity index (χ0n) is 17.3.